The third-order valence-electron chi connectivity index (χ3n) is 3.86. The zero-order valence-corrected chi connectivity index (χ0v) is 17.0. The number of hydrogen-bond acceptors (Lipinski definition) is 4. The molecule has 1 heterocycles. The van der Waals surface area contributed by atoms with E-state index in [0.717, 1.165) is 4.90 Å². The predicted octanol–water partition coefficient (Wildman–Crippen LogP) is 4.22. The number of ether oxygens (including phenoxy) is 2. The maximum Gasteiger partial charge on any atom is 0.333 e. The van der Waals surface area contributed by atoms with Gasteiger partial charge >= 0.3 is 6.03 Å². The lowest BCUT2D eigenvalue weighted by atomic mass is 10.1. The van der Waals surface area contributed by atoms with E-state index in [1.807, 2.05) is 0 Å². The number of amides is 3. The first-order valence-corrected chi connectivity index (χ1v) is 9.18. The van der Waals surface area contributed by atoms with Crippen LogP contribution in [0.25, 0.3) is 6.08 Å². The van der Waals surface area contributed by atoms with E-state index < -0.39 is 11.9 Å². The summed E-state index contributed by atoms with van der Waals surface area (Å²) in [6, 6.07) is 9.22. The largest absolute Gasteiger partial charge is 0.493 e. The molecule has 1 fully saturated rings. The zero-order chi connectivity index (χ0) is 20.3. The highest BCUT2D eigenvalue weighted by atomic mass is 79.9. The Hall–Kier alpha value is -2.95. The highest BCUT2D eigenvalue weighted by molar-refractivity contribution is 9.10. The quantitative estimate of drug-likeness (QED) is 0.411. The molecule has 142 valence electrons. The van der Waals surface area contributed by atoms with Gasteiger partial charge in [0, 0.05) is 9.50 Å². The number of anilines is 1. The molecule has 0 aliphatic carbocycles. The Morgan fingerprint density at radius 1 is 1.25 bits per heavy atom. The fraction of sp³-hybridized carbons (Fsp3) is 0.100. The summed E-state index contributed by atoms with van der Waals surface area (Å²) >= 11 is 9.29. The summed E-state index contributed by atoms with van der Waals surface area (Å²) in [6.07, 6.45) is 6.76. The van der Waals surface area contributed by atoms with Crippen molar-refractivity contribution in [2.45, 2.75) is 0 Å². The summed E-state index contributed by atoms with van der Waals surface area (Å²) in [4.78, 5) is 26.1. The van der Waals surface area contributed by atoms with E-state index in [1.165, 1.54) is 7.11 Å². The van der Waals surface area contributed by atoms with Crippen LogP contribution in [0.3, 0.4) is 0 Å². The summed E-state index contributed by atoms with van der Waals surface area (Å²) in [5.74, 6) is 2.80. The van der Waals surface area contributed by atoms with Crippen molar-refractivity contribution < 1.29 is 19.1 Å². The van der Waals surface area contributed by atoms with E-state index in [9.17, 15) is 9.59 Å². The van der Waals surface area contributed by atoms with Gasteiger partial charge in [-0.25, -0.2) is 9.69 Å². The molecule has 1 saturated heterocycles. The Morgan fingerprint density at radius 3 is 2.61 bits per heavy atom. The first-order valence-electron chi connectivity index (χ1n) is 8.01. The van der Waals surface area contributed by atoms with Crippen LogP contribution in [0.15, 0.2) is 46.6 Å². The molecule has 0 bridgehead atoms. The second kappa shape index (κ2) is 8.38. The minimum absolute atomic E-state index is 0.0911. The maximum absolute atomic E-state index is 12.7. The van der Waals surface area contributed by atoms with E-state index in [4.69, 9.17) is 27.5 Å². The van der Waals surface area contributed by atoms with Gasteiger partial charge in [0.05, 0.1) is 12.8 Å². The zero-order valence-electron chi connectivity index (χ0n) is 14.7. The fourth-order valence-electron chi connectivity index (χ4n) is 2.57. The van der Waals surface area contributed by atoms with Crippen LogP contribution in [-0.2, 0) is 4.79 Å². The lowest BCUT2D eigenvalue weighted by Gasteiger charge is -2.12. The van der Waals surface area contributed by atoms with Gasteiger partial charge in [-0.05, 0) is 48.0 Å². The number of nitrogens with one attached hydrogen (secondary N) is 1. The molecule has 28 heavy (non-hydrogen) atoms. The molecule has 1 aliphatic rings. The van der Waals surface area contributed by atoms with E-state index >= 15 is 0 Å². The van der Waals surface area contributed by atoms with Crippen molar-refractivity contribution in [1.82, 2.24) is 5.32 Å². The number of terminal acetylenes is 1. The summed E-state index contributed by atoms with van der Waals surface area (Å²) in [5, 5.41) is 3.08. The summed E-state index contributed by atoms with van der Waals surface area (Å²) in [6.45, 7) is 0.0911. The number of halogens is 2. The predicted molar refractivity (Wildman–Crippen MR) is 110 cm³/mol. The Kier molecular flexibility index (Phi) is 5.93. The molecule has 0 radical (unpaired) electrons. The second-order valence-electron chi connectivity index (χ2n) is 5.62. The molecule has 2 aromatic carbocycles. The third kappa shape index (κ3) is 3.98. The number of carbonyl (C=O) groups is 2. The molecular formula is C20H14BrClN2O4. The van der Waals surface area contributed by atoms with Crippen molar-refractivity contribution in [2.75, 3.05) is 18.6 Å². The number of benzene rings is 2. The minimum atomic E-state index is -0.546. The molecular weight excluding hydrogens is 448 g/mol. The van der Waals surface area contributed by atoms with E-state index in [0.29, 0.717) is 32.2 Å². The van der Waals surface area contributed by atoms with Crippen LogP contribution in [0.5, 0.6) is 11.5 Å². The Labute approximate surface area is 175 Å². The number of imide groups is 1. The lowest BCUT2D eigenvalue weighted by Crippen LogP contribution is -2.30. The monoisotopic (exact) mass is 460 g/mol. The summed E-state index contributed by atoms with van der Waals surface area (Å²) < 4.78 is 11.4. The van der Waals surface area contributed by atoms with Crippen LogP contribution in [0, 0.1) is 12.3 Å². The first kappa shape index (κ1) is 19.8. The lowest BCUT2D eigenvalue weighted by molar-refractivity contribution is -0.113. The van der Waals surface area contributed by atoms with E-state index in [-0.39, 0.29) is 12.3 Å². The van der Waals surface area contributed by atoms with Gasteiger partial charge in [-0.15, -0.1) is 6.42 Å². The van der Waals surface area contributed by atoms with Crippen LogP contribution in [-0.4, -0.2) is 25.7 Å². The fourth-order valence-corrected chi connectivity index (χ4v) is 3.13. The Morgan fingerprint density at radius 2 is 1.96 bits per heavy atom. The normalized spacial score (nSPS) is 14.8. The molecule has 0 spiro atoms. The molecule has 8 heteroatoms. The number of methoxy groups -OCH3 is 1. The van der Waals surface area contributed by atoms with Gasteiger partial charge in [0.1, 0.15) is 12.3 Å². The van der Waals surface area contributed by atoms with Crippen molar-refractivity contribution in [2.24, 2.45) is 0 Å². The van der Waals surface area contributed by atoms with Crippen molar-refractivity contribution in [3.05, 3.63) is 57.2 Å². The van der Waals surface area contributed by atoms with Gasteiger partial charge < -0.3 is 14.8 Å². The smallest absolute Gasteiger partial charge is 0.333 e. The molecule has 6 nitrogen and oxygen atoms in total. The maximum atomic E-state index is 12.7. The van der Waals surface area contributed by atoms with Gasteiger partial charge in [-0.2, -0.15) is 0 Å². The molecule has 0 saturated carbocycles. The average Bonchev–Trinajstić information content (AvgIpc) is 2.96. The topological polar surface area (TPSA) is 67.9 Å². The molecule has 0 unspecified atom stereocenters. The van der Waals surface area contributed by atoms with Crippen molar-refractivity contribution in [1.29, 1.82) is 0 Å². The minimum Gasteiger partial charge on any atom is -0.493 e. The number of nitrogens with zero attached hydrogens (tertiary/aromatic N) is 1. The molecule has 0 aromatic heterocycles. The first-order chi connectivity index (χ1) is 13.4. The second-order valence-corrected chi connectivity index (χ2v) is 6.91. The standard InChI is InChI=1S/C20H14BrClN2O4/c1-3-8-28-18-11-15(21)12(10-17(18)27-2)9-16-19(25)24(20(26)23-16)14-6-4-13(22)5-7-14/h1,4-7,9-11H,8H2,2H3,(H,23,26)/b16-9+. The van der Waals surface area contributed by atoms with Crippen LogP contribution >= 0.6 is 27.5 Å². The van der Waals surface area contributed by atoms with Gasteiger partial charge in [0.2, 0.25) is 0 Å². The average molecular weight is 462 g/mol. The Bertz CT molecular complexity index is 1010. The van der Waals surface area contributed by atoms with Gasteiger partial charge in [0.15, 0.2) is 11.5 Å². The summed E-state index contributed by atoms with van der Waals surface area (Å²) in [7, 11) is 1.49. The van der Waals surface area contributed by atoms with E-state index in [2.05, 4.69) is 27.2 Å². The summed E-state index contributed by atoms with van der Waals surface area (Å²) in [5.41, 5.74) is 1.16. The van der Waals surface area contributed by atoms with Crippen LogP contribution < -0.4 is 19.7 Å². The molecule has 3 rings (SSSR count). The van der Waals surface area contributed by atoms with E-state index in [1.54, 1.807) is 42.5 Å². The molecule has 2 aromatic rings. The molecule has 0 atom stereocenters. The van der Waals surface area contributed by atoms with Crippen LogP contribution in [0.2, 0.25) is 5.02 Å². The molecule has 1 N–H and O–H groups in total. The third-order valence-corrected chi connectivity index (χ3v) is 4.80. The van der Waals surface area contributed by atoms with Crippen LogP contribution in [0.1, 0.15) is 5.56 Å². The SMILES string of the molecule is C#CCOc1cc(Br)c(/C=C2/NC(=O)N(c3ccc(Cl)cc3)C2=O)cc1OC. The van der Waals surface area contributed by atoms with Gasteiger partial charge in [0.25, 0.3) is 5.91 Å². The van der Waals surface area contributed by atoms with Crippen molar-refractivity contribution in [3.8, 4) is 23.8 Å². The van der Waals surface area contributed by atoms with Crippen LogP contribution in [0.4, 0.5) is 10.5 Å². The number of rotatable bonds is 5. The highest BCUT2D eigenvalue weighted by Gasteiger charge is 2.35. The number of hydrogen-bond donors (Lipinski definition) is 1. The highest BCUT2D eigenvalue weighted by Crippen LogP contribution is 2.35. The van der Waals surface area contributed by atoms with Gasteiger partial charge in [-0.3, -0.25) is 4.79 Å². The van der Waals surface area contributed by atoms with Gasteiger partial charge in [-0.1, -0.05) is 33.5 Å². The van der Waals surface area contributed by atoms with Crippen molar-refractivity contribution >= 4 is 51.2 Å². The van der Waals surface area contributed by atoms with Crippen molar-refractivity contribution in [3.63, 3.8) is 0 Å². The molecule has 1 aliphatic heterocycles. The number of carbonyl (C=O) groups excluding carboxylic acids is 2. The number of urea groups is 1. The Balaban J connectivity index is 1.93. The molecule has 3 amide bonds.